The van der Waals surface area contributed by atoms with Crippen LogP contribution in [0.2, 0.25) is 0 Å². The molecule has 0 radical (unpaired) electrons. The third kappa shape index (κ3) is 4.17. The summed E-state index contributed by atoms with van der Waals surface area (Å²) in [4.78, 5) is 14.8. The van der Waals surface area contributed by atoms with Gasteiger partial charge in [0.1, 0.15) is 11.6 Å². The van der Waals surface area contributed by atoms with Crippen LogP contribution in [0.15, 0.2) is 53.6 Å². The van der Waals surface area contributed by atoms with E-state index in [4.69, 9.17) is 4.74 Å². The van der Waals surface area contributed by atoms with Crippen molar-refractivity contribution in [3.8, 4) is 5.75 Å². The maximum absolute atomic E-state index is 13.8. The van der Waals surface area contributed by atoms with Crippen LogP contribution in [0, 0.1) is 5.82 Å². The summed E-state index contributed by atoms with van der Waals surface area (Å²) in [5, 5.41) is 6.10. The van der Waals surface area contributed by atoms with Gasteiger partial charge in [-0.3, -0.25) is 9.69 Å². The van der Waals surface area contributed by atoms with Gasteiger partial charge in [-0.15, -0.1) is 0 Å². The number of carbonyl (C=O) groups is 1. The molecule has 1 aliphatic heterocycles. The second-order valence-corrected chi connectivity index (χ2v) is 6.59. The van der Waals surface area contributed by atoms with Crippen LogP contribution in [0.4, 0.5) is 4.39 Å². The van der Waals surface area contributed by atoms with Crippen LogP contribution < -0.4 is 4.74 Å². The third-order valence-corrected chi connectivity index (χ3v) is 4.76. The lowest BCUT2D eigenvalue weighted by atomic mass is 9.98. The van der Waals surface area contributed by atoms with Crippen LogP contribution in [0.3, 0.4) is 0 Å². The number of ether oxygens (including phenoxy) is 1. The fourth-order valence-electron chi connectivity index (χ4n) is 3.17. The van der Waals surface area contributed by atoms with E-state index in [1.807, 2.05) is 49.2 Å². The number of benzene rings is 2. The zero-order valence-electron chi connectivity index (χ0n) is 15.9. The zero-order chi connectivity index (χ0) is 19.4. The number of hydrogen-bond acceptors (Lipinski definition) is 4. The van der Waals surface area contributed by atoms with E-state index in [0.717, 1.165) is 23.4 Å². The zero-order valence-corrected chi connectivity index (χ0v) is 15.9. The molecule has 0 unspecified atom stereocenters. The van der Waals surface area contributed by atoms with Gasteiger partial charge in [-0.1, -0.05) is 31.2 Å². The second-order valence-electron chi connectivity index (χ2n) is 6.59. The lowest BCUT2D eigenvalue weighted by molar-refractivity contribution is -0.133. The maximum atomic E-state index is 13.8. The Labute approximate surface area is 159 Å². The van der Waals surface area contributed by atoms with Crippen LogP contribution >= 0.6 is 0 Å². The molecule has 5 nitrogen and oxygen atoms in total. The average Bonchev–Trinajstić information content (AvgIpc) is 3.13. The van der Waals surface area contributed by atoms with Gasteiger partial charge < -0.3 is 4.74 Å². The lowest BCUT2D eigenvalue weighted by Gasteiger charge is -2.24. The number of hydrazone groups is 1. The SMILES string of the molecule is CCN(C)CC(=O)N1N=C(c2ccccc2OC)C[C@H]1c1cccc(F)c1. The number of rotatable bonds is 6. The molecule has 0 fully saturated rings. The maximum Gasteiger partial charge on any atom is 0.257 e. The average molecular weight is 369 g/mol. The molecule has 0 aliphatic carbocycles. The molecule has 0 aromatic heterocycles. The van der Waals surface area contributed by atoms with E-state index < -0.39 is 0 Å². The third-order valence-electron chi connectivity index (χ3n) is 4.76. The molecule has 0 saturated heterocycles. The Balaban J connectivity index is 1.97. The number of hydrogen-bond donors (Lipinski definition) is 0. The highest BCUT2D eigenvalue weighted by Crippen LogP contribution is 2.35. The van der Waals surface area contributed by atoms with Crippen molar-refractivity contribution in [1.29, 1.82) is 0 Å². The van der Waals surface area contributed by atoms with Crippen LogP contribution in [0.25, 0.3) is 0 Å². The van der Waals surface area contributed by atoms with Crippen molar-refractivity contribution < 1.29 is 13.9 Å². The van der Waals surface area contributed by atoms with E-state index in [1.54, 1.807) is 13.2 Å². The van der Waals surface area contributed by atoms with Gasteiger partial charge in [-0.2, -0.15) is 5.10 Å². The molecule has 27 heavy (non-hydrogen) atoms. The van der Waals surface area contributed by atoms with E-state index in [1.165, 1.54) is 17.1 Å². The minimum Gasteiger partial charge on any atom is -0.496 e. The Kier molecular flexibility index (Phi) is 5.86. The Morgan fingerprint density at radius 1 is 1.30 bits per heavy atom. The summed E-state index contributed by atoms with van der Waals surface area (Å²) in [6, 6.07) is 13.6. The number of halogens is 1. The predicted octanol–water partition coefficient (Wildman–Crippen LogP) is 3.46. The quantitative estimate of drug-likeness (QED) is 0.783. The highest BCUT2D eigenvalue weighted by molar-refractivity contribution is 6.05. The molecule has 1 atom stereocenters. The minimum absolute atomic E-state index is 0.112. The molecule has 2 aromatic rings. The molecule has 1 heterocycles. The largest absolute Gasteiger partial charge is 0.496 e. The van der Waals surface area contributed by atoms with Crippen molar-refractivity contribution in [2.45, 2.75) is 19.4 Å². The number of nitrogens with zero attached hydrogens (tertiary/aromatic N) is 3. The van der Waals surface area contributed by atoms with E-state index in [9.17, 15) is 9.18 Å². The van der Waals surface area contributed by atoms with Crippen molar-refractivity contribution >= 4 is 11.6 Å². The molecule has 142 valence electrons. The van der Waals surface area contributed by atoms with E-state index in [2.05, 4.69) is 5.10 Å². The number of para-hydroxylation sites is 1. The summed E-state index contributed by atoms with van der Waals surface area (Å²) in [7, 11) is 3.49. The molecule has 6 heteroatoms. The normalized spacial score (nSPS) is 16.6. The van der Waals surface area contributed by atoms with Gasteiger partial charge in [0.05, 0.1) is 25.4 Å². The van der Waals surface area contributed by atoms with Crippen LogP contribution in [-0.2, 0) is 4.79 Å². The van der Waals surface area contributed by atoms with Crippen LogP contribution in [-0.4, -0.2) is 48.8 Å². The van der Waals surface area contributed by atoms with E-state index in [-0.39, 0.29) is 24.3 Å². The first-order valence-corrected chi connectivity index (χ1v) is 9.00. The molecule has 1 aliphatic rings. The molecule has 1 amide bonds. The smallest absolute Gasteiger partial charge is 0.257 e. The topological polar surface area (TPSA) is 45.1 Å². The Hall–Kier alpha value is -2.73. The van der Waals surface area contributed by atoms with Gasteiger partial charge in [0.15, 0.2) is 0 Å². The van der Waals surface area contributed by atoms with Crippen LogP contribution in [0.1, 0.15) is 30.5 Å². The summed E-state index contributed by atoms with van der Waals surface area (Å²) < 4.78 is 19.2. The summed E-state index contributed by atoms with van der Waals surface area (Å²) >= 11 is 0. The fraction of sp³-hybridized carbons (Fsp3) is 0.333. The van der Waals surface area contributed by atoms with Gasteiger partial charge in [-0.25, -0.2) is 9.40 Å². The molecule has 0 N–H and O–H groups in total. The first-order chi connectivity index (χ1) is 13.0. The lowest BCUT2D eigenvalue weighted by Crippen LogP contribution is -2.36. The predicted molar refractivity (Wildman–Crippen MR) is 103 cm³/mol. The van der Waals surface area contributed by atoms with Gasteiger partial charge in [0, 0.05) is 12.0 Å². The number of likely N-dealkylation sites (N-methyl/N-ethyl adjacent to an activating group) is 1. The summed E-state index contributed by atoms with van der Waals surface area (Å²) in [5.41, 5.74) is 2.34. The highest BCUT2D eigenvalue weighted by atomic mass is 19.1. The van der Waals surface area contributed by atoms with Crippen LogP contribution in [0.5, 0.6) is 5.75 Å². The Bertz CT molecular complexity index is 853. The van der Waals surface area contributed by atoms with Crippen molar-refractivity contribution in [2.75, 3.05) is 27.2 Å². The second kappa shape index (κ2) is 8.31. The summed E-state index contributed by atoms with van der Waals surface area (Å²) in [6.07, 6.45) is 0.505. The summed E-state index contributed by atoms with van der Waals surface area (Å²) in [6.45, 7) is 3.00. The molecule has 0 bridgehead atoms. The highest BCUT2D eigenvalue weighted by Gasteiger charge is 2.34. The van der Waals surface area contributed by atoms with E-state index in [0.29, 0.717) is 12.2 Å². The number of methoxy groups -OCH3 is 1. The minimum atomic E-state index is -0.335. The first kappa shape index (κ1) is 19.0. The standard InChI is InChI=1S/C21H24FN3O2/c1-4-24(2)14-21(26)25-19(15-8-7-9-16(22)12-15)13-18(23-25)17-10-5-6-11-20(17)27-3/h5-12,19H,4,13-14H2,1-3H3/t19-/m0/s1. The molecule has 0 saturated carbocycles. The van der Waals surface area contributed by atoms with Gasteiger partial charge in [0.2, 0.25) is 0 Å². The number of carbonyl (C=O) groups excluding carboxylic acids is 1. The van der Waals surface area contributed by atoms with Crippen molar-refractivity contribution in [1.82, 2.24) is 9.91 Å². The Morgan fingerprint density at radius 3 is 2.78 bits per heavy atom. The monoisotopic (exact) mass is 369 g/mol. The van der Waals surface area contributed by atoms with Gasteiger partial charge >= 0.3 is 0 Å². The molecule has 3 rings (SSSR count). The van der Waals surface area contributed by atoms with E-state index >= 15 is 0 Å². The number of amides is 1. The molecular weight excluding hydrogens is 345 g/mol. The fourth-order valence-corrected chi connectivity index (χ4v) is 3.17. The van der Waals surface area contributed by atoms with Gasteiger partial charge in [0.25, 0.3) is 5.91 Å². The molecule has 2 aromatic carbocycles. The Morgan fingerprint density at radius 2 is 2.07 bits per heavy atom. The molecule has 0 spiro atoms. The van der Waals surface area contributed by atoms with Crippen molar-refractivity contribution in [3.63, 3.8) is 0 Å². The molecular formula is C21H24FN3O2. The van der Waals surface area contributed by atoms with Crippen molar-refractivity contribution in [2.24, 2.45) is 5.10 Å². The van der Waals surface area contributed by atoms with Crippen molar-refractivity contribution in [3.05, 3.63) is 65.5 Å². The summed E-state index contributed by atoms with van der Waals surface area (Å²) in [5.74, 6) is 0.268. The first-order valence-electron chi connectivity index (χ1n) is 9.00. The van der Waals surface area contributed by atoms with Gasteiger partial charge in [-0.05, 0) is 43.4 Å².